The van der Waals surface area contributed by atoms with Crippen molar-refractivity contribution in [3.63, 3.8) is 0 Å². The first-order valence-electron chi connectivity index (χ1n) is 8.44. The second kappa shape index (κ2) is 6.96. The Bertz CT molecular complexity index is 944. The van der Waals surface area contributed by atoms with E-state index in [0.29, 0.717) is 36.6 Å². The van der Waals surface area contributed by atoms with Gasteiger partial charge in [0.05, 0.1) is 23.1 Å². The van der Waals surface area contributed by atoms with E-state index in [4.69, 9.17) is 4.74 Å². The molecule has 1 aliphatic heterocycles. The number of hydrogen-bond donors (Lipinski definition) is 0. The van der Waals surface area contributed by atoms with Crippen LogP contribution in [0.2, 0.25) is 0 Å². The first-order valence-corrected chi connectivity index (χ1v) is 8.44. The molecule has 4 nitrogen and oxygen atoms in total. The Hall–Kier alpha value is -3.21. The smallest absolute Gasteiger partial charge is 0.260 e. The van der Waals surface area contributed by atoms with Crippen molar-refractivity contribution in [2.24, 2.45) is 0 Å². The number of ether oxygens (including phenoxy) is 1. The summed E-state index contributed by atoms with van der Waals surface area (Å²) in [4.78, 5) is 18.7. The highest BCUT2D eigenvalue weighted by molar-refractivity contribution is 6.08. The van der Waals surface area contributed by atoms with Gasteiger partial charge in [-0.05, 0) is 23.8 Å². The van der Waals surface area contributed by atoms with Crippen molar-refractivity contribution in [2.75, 3.05) is 11.4 Å². The standard InChI is InChI=1S/C21H17FN2O2/c22-18-8-4-5-9-20(18)24-11-10-19-17(21(24)25)12-16(13-23-19)26-14-15-6-2-1-3-7-15/h1-9,12-13H,10-11,14H2. The Balaban J connectivity index is 1.57. The molecule has 0 atom stereocenters. The van der Waals surface area contributed by atoms with Crippen molar-refractivity contribution in [1.29, 1.82) is 0 Å². The normalized spacial score (nSPS) is 13.4. The van der Waals surface area contributed by atoms with Crippen molar-refractivity contribution < 1.29 is 13.9 Å². The molecule has 26 heavy (non-hydrogen) atoms. The average molecular weight is 348 g/mol. The van der Waals surface area contributed by atoms with Crippen LogP contribution in [0, 0.1) is 5.82 Å². The Morgan fingerprint density at radius 3 is 2.65 bits per heavy atom. The highest BCUT2D eigenvalue weighted by Gasteiger charge is 2.28. The zero-order chi connectivity index (χ0) is 17.9. The molecular formula is C21H17FN2O2. The van der Waals surface area contributed by atoms with Gasteiger partial charge in [-0.1, -0.05) is 42.5 Å². The van der Waals surface area contributed by atoms with Gasteiger partial charge < -0.3 is 9.64 Å². The summed E-state index contributed by atoms with van der Waals surface area (Å²) in [5, 5.41) is 0. The monoisotopic (exact) mass is 348 g/mol. The summed E-state index contributed by atoms with van der Waals surface area (Å²) in [6.07, 6.45) is 2.21. The van der Waals surface area contributed by atoms with Crippen molar-refractivity contribution >= 4 is 11.6 Å². The molecule has 0 saturated carbocycles. The predicted molar refractivity (Wildman–Crippen MR) is 96.8 cm³/mol. The first kappa shape index (κ1) is 16.3. The number of pyridine rings is 1. The third-order valence-corrected chi connectivity index (χ3v) is 4.38. The van der Waals surface area contributed by atoms with Gasteiger partial charge in [0.1, 0.15) is 18.2 Å². The molecule has 0 radical (unpaired) electrons. The number of carbonyl (C=O) groups excluding carboxylic acids is 1. The maximum absolute atomic E-state index is 14.1. The molecule has 1 amide bonds. The van der Waals surface area contributed by atoms with Crippen LogP contribution in [0.4, 0.5) is 10.1 Å². The van der Waals surface area contributed by atoms with E-state index in [0.717, 1.165) is 11.3 Å². The van der Waals surface area contributed by atoms with Gasteiger partial charge >= 0.3 is 0 Å². The van der Waals surface area contributed by atoms with Crippen LogP contribution in [0.15, 0.2) is 66.9 Å². The molecule has 2 heterocycles. The summed E-state index contributed by atoms with van der Waals surface area (Å²) >= 11 is 0. The van der Waals surface area contributed by atoms with E-state index in [1.165, 1.54) is 11.0 Å². The summed E-state index contributed by atoms with van der Waals surface area (Å²) < 4.78 is 19.8. The predicted octanol–water partition coefficient (Wildman–Crippen LogP) is 4.00. The molecule has 2 aromatic carbocycles. The van der Waals surface area contributed by atoms with E-state index in [9.17, 15) is 9.18 Å². The van der Waals surface area contributed by atoms with E-state index in [1.54, 1.807) is 30.5 Å². The summed E-state index contributed by atoms with van der Waals surface area (Å²) in [7, 11) is 0. The Kier molecular flexibility index (Phi) is 4.35. The number of halogens is 1. The molecule has 3 aromatic rings. The Morgan fingerprint density at radius 2 is 1.85 bits per heavy atom. The highest BCUT2D eigenvalue weighted by atomic mass is 19.1. The van der Waals surface area contributed by atoms with E-state index in [2.05, 4.69) is 4.98 Å². The third kappa shape index (κ3) is 3.16. The van der Waals surface area contributed by atoms with Gasteiger partial charge in [0.25, 0.3) is 5.91 Å². The van der Waals surface area contributed by atoms with E-state index < -0.39 is 5.82 Å². The van der Waals surface area contributed by atoms with E-state index >= 15 is 0 Å². The number of hydrogen-bond acceptors (Lipinski definition) is 3. The van der Waals surface area contributed by atoms with Crippen LogP contribution in [0.3, 0.4) is 0 Å². The lowest BCUT2D eigenvalue weighted by molar-refractivity contribution is 0.0978. The molecular weight excluding hydrogens is 331 g/mol. The van der Waals surface area contributed by atoms with Crippen LogP contribution in [-0.2, 0) is 13.0 Å². The number of carbonyl (C=O) groups is 1. The lowest BCUT2D eigenvalue weighted by Gasteiger charge is -2.28. The van der Waals surface area contributed by atoms with Gasteiger partial charge in [0, 0.05) is 13.0 Å². The van der Waals surface area contributed by atoms with Crippen molar-refractivity contribution in [3.05, 3.63) is 89.5 Å². The summed E-state index contributed by atoms with van der Waals surface area (Å²) in [6, 6.07) is 17.8. The van der Waals surface area contributed by atoms with Crippen molar-refractivity contribution in [1.82, 2.24) is 4.98 Å². The largest absolute Gasteiger partial charge is 0.487 e. The van der Waals surface area contributed by atoms with Crippen LogP contribution in [0.5, 0.6) is 5.75 Å². The molecule has 0 N–H and O–H groups in total. The lowest BCUT2D eigenvalue weighted by atomic mass is 10.0. The molecule has 0 unspecified atom stereocenters. The first-order chi connectivity index (χ1) is 12.7. The second-order valence-electron chi connectivity index (χ2n) is 6.10. The maximum Gasteiger partial charge on any atom is 0.260 e. The molecule has 130 valence electrons. The number of aromatic nitrogens is 1. The minimum Gasteiger partial charge on any atom is -0.487 e. The van der Waals surface area contributed by atoms with Gasteiger partial charge in [0.2, 0.25) is 0 Å². The molecule has 0 fully saturated rings. The molecule has 5 heteroatoms. The summed E-state index contributed by atoms with van der Waals surface area (Å²) in [5.74, 6) is -0.140. The van der Waals surface area contributed by atoms with Gasteiger partial charge in [-0.25, -0.2) is 4.39 Å². The van der Waals surface area contributed by atoms with Crippen LogP contribution in [-0.4, -0.2) is 17.4 Å². The fourth-order valence-electron chi connectivity index (χ4n) is 3.04. The number of amides is 1. The van der Waals surface area contributed by atoms with Crippen molar-refractivity contribution in [3.8, 4) is 5.75 Å². The Labute approximate surface area is 150 Å². The molecule has 0 saturated heterocycles. The summed E-state index contributed by atoms with van der Waals surface area (Å²) in [6.45, 7) is 0.802. The zero-order valence-corrected chi connectivity index (χ0v) is 14.1. The average Bonchev–Trinajstić information content (AvgIpc) is 2.68. The topological polar surface area (TPSA) is 42.4 Å². The van der Waals surface area contributed by atoms with Crippen molar-refractivity contribution in [2.45, 2.75) is 13.0 Å². The fourth-order valence-corrected chi connectivity index (χ4v) is 3.04. The lowest BCUT2D eigenvalue weighted by Crippen LogP contribution is -2.38. The Morgan fingerprint density at radius 1 is 1.08 bits per heavy atom. The highest BCUT2D eigenvalue weighted by Crippen LogP contribution is 2.27. The minimum absolute atomic E-state index is 0.256. The summed E-state index contributed by atoms with van der Waals surface area (Å²) in [5.41, 5.74) is 2.50. The molecule has 0 aliphatic carbocycles. The number of nitrogens with zero attached hydrogens (tertiary/aromatic N) is 2. The molecule has 1 aliphatic rings. The van der Waals surface area contributed by atoms with Crippen LogP contribution >= 0.6 is 0 Å². The van der Waals surface area contributed by atoms with Gasteiger partial charge in [0.15, 0.2) is 0 Å². The maximum atomic E-state index is 14.1. The third-order valence-electron chi connectivity index (χ3n) is 4.38. The van der Waals surface area contributed by atoms with Gasteiger partial charge in [-0.3, -0.25) is 9.78 Å². The molecule has 4 rings (SSSR count). The number of rotatable bonds is 4. The van der Waals surface area contributed by atoms with E-state index in [1.807, 2.05) is 30.3 Å². The van der Waals surface area contributed by atoms with Crippen LogP contribution in [0.1, 0.15) is 21.6 Å². The number of para-hydroxylation sites is 1. The molecule has 0 spiro atoms. The quantitative estimate of drug-likeness (QED) is 0.716. The number of fused-ring (bicyclic) bond motifs is 1. The molecule has 1 aromatic heterocycles. The van der Waals surface area contributed by atoms with Gasteiger partial charge in [-0.2, -0.15) is 0 Å². The number of anilines is 1. The minimum atomic E-state index is -0.409. The fraction of sp³-hybridized carbons (Fsp3) is 0.143. The SMILES string of the molecule is O=C1c2cc(OCc3ccccc3)cnc2CCN1c1ccccc1F. The van der Waals surface area contributed by atoms with Crippen LogP contribution < -0.4 is 9.64 Å². The number of benzene rings is 2. The zero-order valence-electron chi connectivity index (χ0n) is 14.1. The second-order valence-corrected chi connectivity index (χ2v) is 6.10. The van der Waals surface area contributed by atoms with E-state index in [-0.39, 0.29) is 5.91 Å². The van der Waals surface area contributed by atoms with Crippen LogP contribution in [0.25, 0.3) is 0 Å². The molecule has 0 bridgehead atoms. The van der Waals surface area contributed by atoms with Gasteiger partial charge in [-0.15, -0.1) is 0 Å².